The lowest BCUT2D eigenvalue weighted by Crippen LogP contribution is -2.37. The summed E-state index contributed by atoms with van der Waals surface area (Å²) in [5.41, 5.74) is -2.42. The molecule has 0 saturated heterocycles. The average Bonchev–Trinajstić information content (AvgIpc) is 2.78. The van der Waals surface area contributed by atoms with Crippen LogP contribution in [0.1, 0.15) is 40.9 Å². The molecule has 3 rings (SSSR count). The number of carbonyl (C=O) groups is 1. The van der Waals surface area contributed by atoms with E-state index in [1.165, 1.54) is 49.3 Å². The number of anilines is 3. The number of aromatic hydroxyl groups is 1. The van der Waals surface area contributed by atoms with Crippen molar-refractivity contribution in [2.75, 3.05) is 24.7 Å². The fraction of sp³-hybridized carbons (Fsp3) is 0.261. The molecule has 1 atom stereocenters. The smallest absolute Gasteiger partial charge is 0.416 e. The van der Waals surface area contributed by atoms with Crippen molar-refractivity contribution in [3.63, 3.8) is 0 Å². The average molecular weight is 461 g/mol. The van der Waals surface area contributed by atoms with Gasteiger partial charge < -0.3 is 20.6 Å². The van der Waals surface area contributed by atoms with Crippen molar-refractivity contribution < 1.29 is 23.1 Å². The second kappa shape index (κ2) is 8.97. The van der Waals surface area contributed by atoms with Gasteiger partial charge in [0, 0.05) is 14.1 Å². The van der Waals surface area contributed by atoms with Crippen LogP contribution in [0.3, 0.4) is 0 Å². The van der Waals surface area contributed by atoms with Crippen LogP contribution in [0.2, 0.25) is 0 Å². The van der Waals surface area contributed by atoms with Gasteiger partial charge in [-0.3, -0.25) is 14.4 Å². The molecule has 0 fully saturated rings. The summed E-state index contributed by atoms with van der Waals surface area (Å²) >= 11 is 0. The van der Waals surface area contributed by atoms with Crippen LogP contribution in [0.4, 0.5) is 30.2 Å². The lowest BCUT2D eigenvalue weighted by Gasteiger charge is -2.23. The number of halogens is 3. The van der Waals surface area contributed by atoms with Crippen LogP contribution in [-0.4, -0.2) is 30.0 Å². The zero-order valence-electron chi connectivity index (χ0n) is 18.1. The van der Waals surface area contributed by atoms with Gasteiger partial charge in [-0.2, -0.15) is 13.2 Å². The fourth-order valence-electron chi connectivity index (χ4n) is 3.37. The largest absolute Gasteiger partial charge is 0.505 e. The predicted octanol–water partition coefficient (Wildman–Crippen LogP) is 4.02. The van der Waals surface area contributed by atoms with E-state index in [1.54, 1.807) is 6.92 Å². The molecule has 0 aliphatic rings. The number of phenolic OH excluding ortho intramolecular Hbond substituents is 1. The minimum atomic E-state index is -4.52. The van der Waals surface area contributed by atoms with Crippen LogP contribution in [0.5, 0.6) is 5.75 Å². The Morgan fingerprint density at radius 3 is 2.30 bits per heavy atom. The fourth-order valence-corrected chi connectivity index (χ4v) is 3.37. The number of benzene rings is 2. The van der Waals surface area contributed by atoms with Gasteiger partial charge in [0.2, 0.25) is 0 Å². The standard InChI is InChI=1S/C23H22F3N3O4/c1-4-15(12-7-5-8-13(11-12)23(24,25)26)27-17-18(21(32)20(17)31)28-16-10-6-9-14(19(16)30)22(33)29(2)3/h5-11,15,27-28,30H,4H2,1-3H3. The van der Waals surface area contributed by atoms with Gasteiger partial charge in [-0.15, -0.1) is 0 Å². The molecule has 0 bridgehead atoms. The van der Waals surface area contributed by atoms with E-state index in [-0.39, 0.29) is 22.6 Å². The molecule has 1 unspecified atom stereocenters. The Bertz CT molecular complexity index is 1260. The van der Waals surface area contributed by atoms with Gasteiger partial charge in [0.25, 0.3) is 16.8 Å². The first-order chi connectivity index (χ1) is 15.5. The molecule has 3 aromatic carbocycles. The van der Waals surface area contributed by atoms with Gasteiger partial charge in [0.15, 0.2) is 5.75 Å². The van der Waals surface area contributed by atoms with Crippen LogP contribution in [-0.2, 0) is 6.18 Å². The number of hydrogen-bond donors (Lipinski definition) is 3. The van der Waals surface area contributed by atoms with Crippen molar-refractivity contribution in [3.8, 4) is 5.75 Å². The van der Waals surface area contributed by atoms with E-state index in [2.05, 4.69) is 10.6 Å². The molecule has 7 nitrogen and oxygen atoms in total. The molecule has 0 aromatic heterocycles. The number of hydrogen-bond acceptors (Lipinski definition) is 6. The summed E-state index contributed by atoms with van der Waals surface area (Å²) in [6, 6.07) is 8.36. The topological polar surface area (TPSA) is 98.7 Å². The van der Waals surface area contributed by atoms with Gasteiger partial charge >= 0.3 is 6.18 Å². The van der Waals surface area contributed by atoms with Gasteiger partial charge in [-0.1, -0.05) is 25.1 Å². The van der Waals surface area contributed by atoms with Crippen LogP contribution in [0.25, 0.3) is 0 Å². The molecular weight excluding hydrogens is 439 g/mol. The number of carbonyl (C=O) groups excluding carboxylic acids is 1. The van der Waals surface area contributed by atoms with Crippen molar-refractivity contribution in [1.82, 2.24) is 4.90 Å². The molecule has 3 N–H and O–H groups in total. The van der Waals surface area contributed by atoms with E-state index in [0.717, 1.165) is 12.1 Å². The second-order valence-electron chi connectivity index (χ2n) is 7.66. The zero-order valence-corrected chi connectivity index (χ0v) is 18.1. The minimum absolute atomic E-state index is 0.00592. The molecular formula is C23H22F3N3O4. The Morgan fingerprint density at radius 2 is 1.70 bits per heavy atom. The Labute approximate surface area is 187 Å². The van der Waals surface area contributed by atoms with Gasteiger partial charge in [-0.25, -0.2) is 0 Å². The maximum Gasteiger partial charge on any atom is 0.416 e. The third kappa shape index (κ3) is 4.69. The molecule has 0 aliphatic carbocycles. The minimum Gasteiger partial charge on any atom is -0.505 e. The molecule has 0 spiro atoms. The van der Waals surface area contributed by atoms with Crippen LogP contribution in [0, 0.1) is 0 Å². The first kappa shape index (κ1) is 23.8. The monoisotopic (exact) mass is 461 g/mol. The Morgan fingerprint density at radius 1 is 1.06 bits per heavy atom. The lowest BCUT2D eigenvalue weighted by molar-refractivity contribution is -0.137. The summed E-state index contributed by atoms with van der Waals surface area (Å²) in [6.45, 7) is 1.72. The Kier molecular flexibility index (Phi) is 6.48. The molecule has 0 heterocycles. The number of nitrogens with one attached hydrogen (secondary N) is 2. The third-order valence-electron chi connectivity index (χ3n) is 5.19. The van der Waals surface area contributed by atoms with E-state index in [0.29, 0.717) is 12.0 Å². The number of amides is 1. The molecule has 0 aliphatic heterocycles. The highest BCUT2D eigenvalue weighted by Crippen LogP contribution is 2.35. The predicted molar refractivity (Wildman–Crippen MR) is 119 cm³/mol. The molecule has 10 heteroatoms. The molecule has 0 radical (unpaired) electrons. The molecule has 174 valence electrons. The van der Waals surface area contributed by atoms with Gasteiger partial charge in [0.1, 0.15) is 11.4 Å². The number of nitrogens with zero attached hydrogens (tertiary/aromatic N) is 1. The van der Waals surface area contributed by atoms with E-state index in [4.69, 9.17) is 0 Å². The highest BCUT2D eigenvalue weighted by atomic mass is 19.4. The summed E-state index contributed by atoms with van der Waals surface area (Å²) in [6.07, 6.45) is -4.19. The van der Waals surface area contributed by atoms with E-state index in [1.807, 2.05) is 0 Å². The van der Waals surface area contributed by atoms with Gasteiger partial charge in [-0.05, 0) is 36.2 Å². The summed E-state index contributed by atoms with van der Waals surface area (Å²) < 4.78 is 39.2. The van der Waals surface area contributed by atoms with Crippen molar-refractivity contribution in [2.45, 2.75) is 25.6 Å². The summed E-state index contributed by atoms with van der Waals surface area (Å²) in [5, 5.41) is 16.0. The van der Waals surface area contributed by atoms with Crippen molar-refractivity contribution >= 4 is 23.0 Å². The van der Waals surface area contributed by atoms with Crippen LogP contribution in [0.15, 0.2) is 52.1 Å². The zero-order chi connectivity index (χ0) is 24.5. The molecule has 33 heavy (non-hydrogen) atoms. The maximum atomic E-state index is 13.1. The van der Waals surface area contributed by atoms with Crippen molar-refractivity contribution in [2.24, 2.45) is 0 Å². The second-order valence-corrected chi connectivity index (χ2v) is 7.66. The SMILES string of the molecule is CCC(Nc1c(Nc2cccc(C(=O)N(C)C)c2O)c(=O)c1=O)c1cccc(C(F)(F)F)c1. The van der Waals surface area contributed by atoms with Gasteiger partial charge in [0.05, 0.1) is 22.9 Å². The van der Waals surface area contributed by atoms with E-state index in [9.17, 15) is 32.7 Å². The van der Waals surface area contributed by atoms with Crippen LogP contribution >= 0.6 is 0 Å². The third-order valence-corrected chi connectivity index (χ3v) is 5.19. The number of rotatable bonds is 7. The molecule has 3 aromatic rings. The summed E-state index contributed by atoms with van der Waals surface area (Å²) in [4.78, 5) is 37.9. The Balaban J connectivity index is 1.92. The first-order valence-corrected chi connectivity index (χ1v) is 10.0. The maximum absolute atomic E-state index is 13.1. The number of phenols is 1. The normalized spacial score (nSPS) is 12.4. The Hall–Kier alpha value is -3.82. The molecule has 0 saturated carbocycles. The van der Waals surface area contributed by atoms with E-state index < -0.39 is 40.3 Å². The summed E-state index contributed by atoms with van der Waals surface area (Å²) in [5.74, 6) is -0.866. The van der Waals surface area contributed by atoms with E-state index >= 15 is 0 Å². The highest BCUT2D eigenvalue weighted by molar-refractivity contribution is 5.99. The molecule has 1 amide bonds. The lowest BCUT2D eigenvalue weighted by atomic mass is 10.0. The van der Waals surface area contributed by atoms with Crippen molar-refractivity contribution in [3.05, 3.63) is 79.6 Å². The number of para-hydroxylation sites is 1. The summed E-state index contributed by atoms with van der Waals surface area (Å²) in [7, 11) is 3.03. The van der Waals surface area contributed by atoms with Crippen molar-refractivity contribution in [1.29, 1.82) is 0 Å². The highest BCUT2D eigenvalue weighted by Gasteiger charge is 2.31. The number of alkyl halides is 3. The van der Waals surface area contributed by atoms with Crippen LogP contribution < -0.4 is 21.5 Å². The quantitative estimate of drug-likeness (QED) is 0.363. The first-order valence-electron chi connectivity index (χ1n) is 10.0.